The summed E-state index contributed by atoms with van der Waals surface area (Å²) in [4.78, 5) is 12.7. The molecule has 0 aliphatic carbocycles. The van der Waals surface area contributed by atoms with Crippen molar-refractivity contribution in [3.8, 4) is 5.75 Å². The number of tetrazole rings is 1. The van der Waals surface area contributed by atoms with E-state index in [9.17, 15) is 9.18 Å². The Morgan fingerprint density at radius 1 is 1.22 bits per heavy atom. The van der Waals surface area contributed by atoms with Gasteiger partial charge >= 0.3 is 5.97 Å². The van der Waals surface area contributed by atoms with Crippen LogP contribution in [0.15, 0.2) is 48.5 Å². The zero-order chi connectivity index (χ0) is 19.2. The molecule has 8 heteroatoms. The Labute approximate surface area is 155 Å². The Kier molecular flexibility index (Phi) is 5.55. The van der Waals surface area contributed by atoms with Gasteiger partial charge in [0.2, 0.25) is 0 Å². The van der Waals surface area contributed by atoms with Crippen molar-refractivity contribution in [2.45, 2.75) is 13.5 Å². The second-order valence-electron chi connectivity index (χ2n) is 5.62. The molecule has 0 unspecified atom stereocenters. The lowest BCUT2D eigenvalue weighted by atomic mass is 10.2. The number of halogens is 1. The standard InChI is InChI=1S/C19H17FN4O3/c1-13-21-22-23-24(13)17(11-14-6-4-3-5-7-14)19(25)27-12-15-8-9-18(26-2)16(20)10-15/h3-11H,12H2,1-2H3. The van der Waals surface area contributed by atoms with Crippen LogP contribution in [0.1, 0.15) is 17.0 Å². The second-order valence-corrected chi connectivity index (χ2v) is 5.62. The van der Waals surface area contributed by atoms with Gasteiger partial charge in [0.05, 0.1) is 7.11 Å². The summed E-state index contributed by atoms with van der Waals surface area (Å²) in [6.45, 7) is 1.57. The van der Waals surface area contributed by atoms with Gasteiger partial charge in [0.1, 0.15) is 6.61 Å². The van der Waals surface area contributed by atoms with Crippen LogP contribution in [0.4, 0.5) is 4.39 Å². The average molecular weight is 368 g/mol. The Balaban J connectivity index is 1.82. The summed E-state index contributed by atoms with van der Waals surface area (Å²) in [5, 5.41) is 11.2. The normalized spacial score (nSPS) is 11.3. The molecule has 0 spiro atoms. The van der Waals surface area contributed by atoms with E-state index in [1.165, 1.54) is 23.9 Å². The van der Waals surface area contributed by atoms with Crippen molar-refractivity contribution in [2.24, 2.45) is 0 Å². The fraction of sp³-hybridized carbons (Fsp3) is 0.158. The van der Waals surface area contributed by atoms with E-state index in [1.54, 1.807) is 19.1 Å². The van der Waals surface area contributed by atoms with Crippen LogP contribution in [0.25, 0.3) is 11.8 Å². The number of hydrogen-bond acceptors (Lipinski definition) is 6. The number of aryl methyl sites for hydroxylation is 1. The summed E-state index contributed by atoms with van der Waals surface area (Å²) in [5.74, 6) is -0.600. The molecule has 0 N–H and O–H groups in total. The van der Waals surface area contributed by atoms with Crippen LogP contribution in [0, 0.1) is 12.7 Å². The number of esters is 1. The van der Waals surface area contributed by atoms with Crippen LogP contribution in [0.2, 0.25) is 0 Å². The van der Waals surface area contributed by atoms with Crippen LogP contribution in [0.3, 0.4) is 0 Å². The highest BCUT2D eigenvalue weighted by Crippen LogP contribution is 2.19. The molecule has 1 heterocycles. The van der Waals surface area contributed by atoms with E-state index in [0.29, 0.717) is 11.4 Å². The van der Waals surface area contributed by atoms with Crippen LogP contribution < -0.4 is 4.74 Å². The third-order valence-electron chi connectivity index (χ3n) is 3.75. The molecule has 3 aromatic rings. The maximum absolute atomic E-state index is 13.8. The maximum Gasteiger partial charge on any atom is 0.357 e. The first-order valence-corrected chi connectivity index (χ1v) is 8.10. The first-order valence-electron chi connectivity index (χ1n) is 8.10. The summed E-state index contributed by atoms with van der Waals surface area (Å²) in [7, 11) is 1.38. The zero-order valence-electron chi connectivity index (χ0n) is 14.8. The van der Waals surface area contributed by atoms with Crippen molar-refractivity contribution in [3.05, 3.63) is 71.3 Å². The van der Waals surface area contributed by atoms with Crippen LogP contribution in [0.5, 0.6) is 5.75 Å². The molecule has 0 aliphatic heterocycles. The van der Waals surface area contributed by atoms with Gasteiger partial charge in [0.15, 0.2) is 23.1 Å². The largest absolute Gasteiger partial charge is 0.494 e. The number of carbonyl (C=O) groups is 1. The van der Waals surface area contributed by atoms with E-state index >= 15 is 0 Å². The van der Waals surface area contributed by atoms with Gasteiger partial charge in [-0.25, -0.2) is 9.18 Å². The summed E-state index contributed by atoms with van der Waals surface area (Å²) >= 11 is 0. The lowest BCUT2D eigenvalue weighted by molar-refractivity contribution is -0.138. The molecule has 7 nitrogen and oxygen atoms in total. The first kappa shape index (κ1) is 18.2. The van der Waals surface area contributed by atoms with Gasteiger partial charge in [-0.3, -0.25) is 0 Å². The Hall–Kier alpha value is -3.55. The molecule has 138 valence electrons. The van der Waals surface area contributed by atoms with Gasteiger partial charge in [0.25, 0.3) is 0 Å². The highest BCUT2D eigenvalue weighted by Gasteiger charge is 2.18. The molecular formula is C19H17FN4O3. The number of carbonyl (C=O) groups excluding carboxylic acids is 1. The predicted octanol–water partition coefficient (Wildman–Crippen LogP) is 2.87. The number of benzene rings is 2. The molecular weight excluding hydrogens is 351 g/mol. The number of aromatic nitrogens is 4. The number of ether oxygens (including phenoxy) is 2. The monoisotopic (exact) mass is 368 g/mol. The number of hydrogen-bond donors (Lipinski definition) is 0. The summed E-state index contributed by atoms with van der Waals surface area (Å²) < 4.78 is 25.3. The van der Waals surface area contributed by atoms with Crippen molar-refractivity contribution in [3.63, 3.8) is 0 Å². The van der Waals surface area contributed by atoms with E-state index in [4.69, 9.17) is 9.47 Å². The third kappa shape index (κ3) is 4.35. The van der Waals surface area contributed by atoms with Crippen LogP contribution >= 0.6 is 0 Å². The average Bonchev–Trinajstić information content (AvgIpc) is 3.10. The van der Waals surface area contributed by atoms with Gasteiger partial charge in [0, 0.05) is 0 Å². The second kappa shape index (κ2) is 8.22. The Bertz CT molecular complexity index is 970. The van der Waals surface area contributed by atoms with E-state index in [-0.39, 0.29) is 18.1 Å². The molecule has 0 radical (unpaired) electrons. The predicted molar refractivity (Wildman–Crippen MR) is 95.9 cm³/mol. The fourth-order valence-corrected chi connectivity index (χ4v) is 2.39. The van der Waals surface area contributed by atoms with Gasteiger partial charge < -0.3 is 9.47 Å². The number of methoxy groups -OCH3 is 1. The third-order valence-corrected chi connectivity index (χ3v) is 3.75. The number of rotatable bonds is 6. The lowest BCUT2D eigenvalue weighted by Crippen LogP contribution is -2.15. The molecule has 0 saturated carbocycles. The van der Waals surface area contributed by atoms with Gasteiger partial charge in [-0.05, 0) is 46.7 Å². The molecule has 2 aromatic carbocycles. The molecule has 0 amide bonds. The van der Waals surface area contributed by atoms with Crippen molar-refractivity contribution < 1.29 is 18.7 Å². The van der Waals surface area contributed by atoms with Gasteiger partial charge in [-0.2, -0.15) is 4.68 Å². The van der Waals surface area contributed by atoms with Crippen molar-refractivity contribution in [1.29, 1.82) is 0 Å². The maximum atomic E-state index is 13.8. The quantitative estimate of drug-likeness (QED) is 0.492. The smallest absolute Gasteiger partial charge is 0.357 e. The molecule has 3 rings (SSSR count). The van der Waals surface area contributed by atoms with Crippen molar-refractivity contribution in [1.82, 2.24) is 20.2 Å². The first-order chi connectivity index (χ1) is 13.1. The minimum atomic E-state index is -0.634. The molecule has 0 aliphatic rings. The zero-order valence-corrected chi connectivity index (χ0v) is 14.8. The highest BCUT2D eigenvalue weighted by atomic mass is 19.1. The van der Waals surface area contributed by atoms with Crippen LogP contribution in [-0.4, -0.2) is 33.3 Å². The summed E-state index contributed by atoms with van der Waals surface area (Å²) in [6.07, 6.45) is 1.63. The van der Waals surface area contributed by atoms with Crippen molar-refractivity contribution >= 4 is 17.7 Å². The van der Waals surface area contributed by atoms with Crippen molar-refractivity contribution in [2.75, 3.05) is 7.11 Å². The molecule has 0 bridgehead atoms. The SMILES string of the molecule is COc1ccc(COC(=O)C(=Cc2ccccc2)n2nnnc2C)cc1F. The molecule has 0 atom stereocenters. The minimum absolute atomic E-state index is 0.104. The fourth-order valence-electron chi connectivity index (χ4n) is 2.39. The van der Waals surface area contributed by atoms with E-state index in [1.807, 2.05) is 30.3 Å². The Morgan fingerprint density at radius 2 is 2.00 bits per heavy atom. The number of nitrogens with zero attached hydrogens (tertiary/aromatic N) is 4. The molecule has 0 saturated heterocycles. The van der Waals surface area contributed by atoms with Gasteiger partial charge in [-0.1, -0.05) is 36.4 Å². The molecule has 27 heavy (non-hydrogen) atoms. The van der Waals surface area contributed by atoms with E-state index < -0.39 is 11.8 Å². The van der Waals surface area contributed by atoms with E-state index in [0.717, 1.165) is 5.56 Å². The minimum Gasteiger partial charge on any atom is -0.494 e. The molecule has 0 fully saturated rings. The van der Waals surface area contributed by atoms with Gasteiger partial charge in [-0.15, -0.1) is 5.10 Å². The molecule has 1 aromatic heterocycles. The topological polar surface area (TPSA) is 79.1 Å². The van der Waals surface area contributed by atoms with E-state index in [2.05, 4.69) is 15.5 Å². The lowest BCUT2D eigenvalue weighted by Gasteiger charge is -2.10. The van der Waals surface area contributed by atoms with Crippen LogP contribution in [-0.2, 0) is 16.1 Å². The Morgan fingerprint density at radius 3 is 2.63 bits per heavy atom. The highest BCUT2D eigenvalue weighted by molar-refractivity contribution is 6.15. The summed E-state index contributed by atoms with van der Waals surface area (Å²) in [6, 6.07) is 13.6. The summed E-state index contributed by atoms with van der Waals surface area (Å²) in [5.41, 5.74) is 1.43.